The third kappa shape index (κ3) is 9.38. The largest absolute Gasteiger partial charge is 0 e. The molecular weight excluding hydrogens is 552 g/mol. The van der Waals surface area contributed by atoms with Gasteiger partial charge in [0.1, 0.15) is 0 Å². The van der Waals surface area contributed by atoms with E-state index >= 15 is 0 Å². The van der Waals surface area contributed by atoms with Gasteiger partial charge in [0.05, 0.1) is 0 Å². The van der Waals surface area contributed by atoms with Crippen molar-refractivity contribution in [2.24, 2.45) is 0 Å². The molecule has 0 nitrogen and oxygen atoms in total. The Labute approximate surface area is 117 Å². The van der Waals surface area contributed by atoms with Crippen LogP contribution in [0.2, 0.25) is 0 Å². The fraction of sp³-hybridized carbons (Fsp3) is 0. The van der Waals surface area contributed by atoms with E-state index in [1.165, 1.54) is 0 Å². The Morgan fingerprint density at radius 2 is 1.00 bits per heavy atom. The molecule has 4 heteroatoms. The summed E-state index contributed by atoms with van der Waals surface area (Å²) in [7, 11) is 0. The first-order valence-corrected chi connectivity index (χ1v) is 0. The number of hydrogen-bond donors (Lipinski definition) is 0. The van der Waals surface area contributed by atoms with E-state index in [1.807, 2.05) is 0 Å². The van der Waals surface area contributed by atoms with E-state index in [2.05, 4.69) is 0 Å². The Bertz CT molecular complexity index is 8.00. The van der Waals surface area contributed by atoms with E-state index in [0.29, 0.717) is 0 Å². The van der Waals surface area contributed by atoms with Gasteiger partial charge < -0.3 is 0 Å². The van der Waals surface area contributed by atoms with Crippen LogP contribution in [0.3, 0.4) is 0 Å². The van der Waals surface area contributed by atoms with E-state index in [0.717, 1.165) is 0 Å². The average molecular weight is 559 g/mol. The smallest absolute Gasteiger partial charge is 0 e. The topological polar surface area (TPSA) is 0 Å². The first-order chi connectivity index (χ1) is 0. The molecule has 0 N–H and O–H groups in total. The summed E-state index contributed by atoms with van der Waals surface area (Å²) in [6.07, 6.45) is 0. The maximum atomic E-state index is 0. The summed E-state index contributed by atoms with van der Waals surface area (Å²) in [6, 6.07) is 0. The summed E-state index contributed by atoms with van der Waals surface area (Å²) in [6.45, 7) is 0. The first kappa shape index (κ1) is 24.5. The van der Waals surface area contributed by atoms with Crippen LogP contribution in [0.15, 0.2) is 0 Å². The minimum atomic E-state index is 0. The molecule has 4 heavy (non-hydrogen) atoms. The molecule has 0 aliphatic rings. The normalized spacial score (nSPS) is 0. The number of hydrogen-bond acceptors (Lipinski definition) is 0. The standard InChI is InChI=1S/Bi.Pb.Sr.Ti.7H. The van der Waals surface area contributed by atoms with Crippen molar-refractivity contribution >= 4 is 99.0 Å². The zero-order chi connectivity index (χ0) is 0. The molecule has 0 aliphatic heterocycles. The van der Waals surface area contributed by atoms with Gasteiger partial charge in [-0.3, -0.25) is 0 Å². The molecular formula is H7BiPbSrTi. The minimum absolute atomic E-state index is 0. The molecule has 0 amide bonds. The molecule has 0 aliphatic carbocycles. The van der Waals surface area contributed by atoms with Gasteiger partial charge in [-0.15, -0.1) is 0 Å². The molecule has 0 saturated heterocycles. The van der Waals surface area contributed by atoms with Crippen LogP contribution in [0.25, 0.3) is 0 Å². The van der Waals surface area contributed by atoms with Crippen LogP contribution in [-0.2, 0) is 21.7 Å². The summed E-state index contributed by atoms with van der Waals surface area (Å²) in [5, 5.41) is 0. The zero-order valence-electron chi connectivity index (χ0n) is 1.91. The molecule has 0 heterocycles. The Hall–Kier alpha value is 4.00. The van der Waals surface area contributed by atoms with Crippen LogP contribution < -0.4 is 0 Å². The van der Waals surface area contributed by atoms with Crippen molar-refractivity contribution < 1.29 is 21.7 Å². The van der Waals surface area contributed by atoms with Gasteiger partial charge in [0.2, 0.25) is 0 Å². The molecule has 22 valence electrons. The molecule has 0 aromatic carbocycles. The van der Waals surface area contributed by atoms with Crippen LogP contribution in [-0.4, -0.2) is 99.0 Å². The molecule has 0 spiro atoms. The molecule has 0 bridgehead atoms. The molecule has 0 aromatic rings. The molecule has 0 fully saturated rings. The van der Waals surface area contributed by atoms with Crippen LogP contribution in [0, 0.1) is 0 Å². The van der Waals surface area contributed by atoms with Crippen LogP contribution in [0.4, 0.5) is 0 Å². The van der Waals surface area contributed by atoms with Crippen molar-refractivity contribution in [3.05, 3.63) is 0 Å². The molecule has 2 radical (unpaired) electrons. The van der Waals surface area contributed by atoms with E-state index in [1.54, 1.807) is 0 Å². The third-order valence-electron chi connectivity index (χ3n) is 0. The summed E-state index contributed by atoms with van der Waals surface area (Å²) < 4.78 is 0. The van der Waals surface area contributed by atoms with Gasteiger partial charge in [-0.05, 0) is 0 Å². The average Bonchev–Trinajstić information content (AvgIpc) is 0. The Morgan fingerprint density at radius 1 is 1.00 bits per heavy atom. The predicted molar refractivity (Wildman–Crippen MR) is 27.0 cm³/mol. The summed E-state index contributed by atoms with van der Waals surface area (Å²) in [5.74, 6) is 0. The first-order valence-electron chi connectivity index (χ1n) is 0. The SMILES string of the molecule is [BiH3].[PbH2].[SrH2].[Ti]. The van der Waals surface area contributed by atoms with E-state index in [9.17, 15) is 0 Å². The Kier molecular flexibility index (Phi) is 96.5. The summed E-state index contributed by atoms with van der Waals surface area (Å²) in [5.41, 5.74) is 0. The zero-order valence-corrected chi connectivity index (χ0v) is 14.5. The van der Waals surface area contributed by atoms with Crippen molar-refractivity contribution in [1.82, 2.24) is 0 Å². The van der Waals surface area contributed by atoms with Gasteiger partial charge >= 0.3 is 99.0 Å². The maximum absolute atomic E-state index is 0. The van der Waals surface area contributed by atoms with Crippen LogP contribution in [0.5, 0.6) is 0 Å². The quantitative estimate of drug-likeness (QED) is 0.278. The molecule has 0 unspecified atom stereocenters. The van der Waals surface area contributed by atoms with Crippen molar-refractivity contribution in [1.29, 1.82) is 0 Å². The van der Waals surface area contributed by atoms with Crippen molar-refractivity contribution in [2.45, 2.75) is 0 Å². The minimum Gasteiger partial charge on any atom is 0 e. The molecule has 0 aromatic heterocycles. The Morgan fingerprint density at radius 3 is 1.00 bits per heavy atom. The van der Waals surface area contributed by atoms with E-state index < -0.39 is 0 Å². The van der Waals surface area contributed by atoms with Crippen LogP contribution >= 0.6 is 0 Å². The van der Waals surface area contributed by atoms with Gasteiger partial charge in [-0.25, -0.2) is 0 Å². The second-order valence-corrected chi connectivity index (χ2v) is 0. The fourth-order valence-electron chi connectivity index (χ4n) is 0. The summed E-state index contributed by atoms with van der Waals surface area (Å²) >= 11 is 0. The van der Waals surface area contributed by atoms with Crippen molar-refractivity contribution in [2.75, 3.05) is 0 Å². The monoisotopic (exact) mass is 560 g/mol. The van der Waals surface area contributed by atoms with Gasteiger partial charge in [0.15, 0.2) is 0 Å². The Balaban J connectivity index is 0. The third-order valence-corrected chi connectivity index (χ3v) is 0. The van der Waals surface area contributed by atoms with E-state index in [-0.39, 0.29) is 121 Å². The second-order valence-electron chi connectivity index (χ2n) is 0. The fourth-order valence-corrected chi connectivity index (χ4v) is 0. The number of rotatable bonds is 0. The molecule has 0 atom stereocenters. The molecule has 0 saturated carbocycles. The van der Waals surface area contributed by atoms with Crippen molar-refractivity contribution in [3.63, 3.8) is 0 Å². The van der Waals surface area contributed by atoms with E-state index in [4.69, 9.17) is 0 Å². The van der Waals surface area contributed by atoms with Crippen molar-refractivity contribution in [3.8, 4) is 0 Å². The van der Waals surface area contributed by atoms with Crippen LogP contribution in [0.1, 0.15) is 0 Å². The predicted octanol–water partition coefficient (Wildman–Crippen LogP) is -3.02. The van der Waals surface area contributed by atoms with Gasteiger partial charge in [-0.2, -0.15) is 0 Å². The van der Waals surface area contributed by atoms with Gasteiger partial charge in [0, 0.05) is 21.7 Å². The second kappa shape index (κ2) is 15.8. The van der Waals surface area contributed by atoms with Gasteiger partial charge in [-0.1, -0.05) is 0 Å². The summed E-state index contributed by atoms with van der Waals surface area (Å²) in [4.78, 5) is 0. The van der Waals surface area contributed by atoms with Gasteiger partial charge in [0.25, 0.3) is 0 Å². The molecule has 0 rings (SSSR count). The maximum Gasteiger partial charge on any atom is 0 e.